The van der Waals surface area contributed by atoms with Crippen LogP contribution in [0.2, 0.25) is 5.15 Å². The fraction of sp³-hybridized carbons (Fsp3) is 0.364. The lowest BCUT2D eigenvalue weighted by atomic mass is 10.4. The van der Waals surface area contributed by atoms with Crippen LogP contribution in [0.5, 0.6) is 0 Å². The summed E-state index contributed by atoms with van der Waals surface area (Å²) in [6.07, 6.45) is 3.23. The smallest absolute Gasteiger partial charge is 0.314 e. The quantitative estimate of drug-likeness (QED) is 0.912. The molecule has 0 amide bonds. The molecule has 2 heterocycles. The van der Waals surface area contributed by atoms with E-state index < -0.39 is 0 Å². The lowest BCUT2D eigenvalue weighted by Crippen LogP contribution is -2.37. The number of rotatable bonds is 3. The minimum absolute atomic E-state index is 0.102. The van der Waals surface area contributed by atoms with Gasteiger partial charge in [0, 0.05) is 18.4 Å². The lowest BCUT2D eigenvalue weighted by molar-refractivity contribution is 0.675. The molecule has 96 valence electrons. The van der Waals surface area contributed by atoms with Gasteiger partial charge in [-0.1, -0.05) is 11.6 Å². The number of nitrogens with zero attached hydrogens (tertiary/aromatic N) is 4. The van der Waals surface area contributed by atoms with E-state index >= 15 is 0 Å². The molecule has 0 saturated carbocycles. The third-order valence-electron chi connectivity index (χ3n) is 2.34. The van der Waals surface area contributed by atoms with Crippen LogP contribution in [0.25, 0.3) is 5.82 Å². The maximum Gasteiger partial charge on any atom is 0.314 e. The fourth-order valence-corrected chi connectivity index (χ4v) is 1.69. The molecule has 0 saturated heterocycles. The van der Waals surface area contributed by atoms with Gasteiger partial charge < -0.3 is 5.43 Å². The predicted molar refractivity (Wildman–Crippen MR) is 69.9 cm³/mol. The zero-order valence-corrected chi connectivity index (χ0v) is 11.1. The van der Waals surface area contributed by atoms with Crippen molar-refractivity contribution >= 4 is 11.6 Å². The average Bonchev–Trinajstić information content (AvgIpc) is 2.82. The third-order valence-corrected chi connectivity index (χ3v) is 2.70. The average molecular weight is 268 g/mol. The van der Waals surface area contributed by atoms with Crippen LogP contribution in [-0.4, -0.2) is 25.5 Å². The first-order valence-electron chi connectivity index (χ1n) is 5.56. The van der Waals surface area contributed by atoms with Crippen molar-refractivity contribution in [2.75, 3.05) is 5.43 Å². The summed E-state index contributed by atoms with van der Waals surface area (Å²) in [5, 5.41) is 4.26. The van der Waals surface area contributed by atoms with Crippen LogP contribution in [0, 0.1) is 6.92 Å². The monoisotopic (exact) mass is 267 g/mol. The van der Waals surface area contributed by atoms with Crippen molar-refractivity contribution in [1.82, 2.24) is 19.4 Å². The van der Waals surface area contributed by atoms with Crippen molar-refractivity contribution in [2.45, 2.75) is 26.8 Å². The first kappa shape index (κ1) is 12.6. The molecule has 0 radical (unpaired) electrons. The minimum atomic E-state index is -0.283. The Hall–Kier alpha value is -1.82. The number of nitrogens with one attached hydrogen (secondary N) is 1. The Bertz CT molecular complexity index is 603. The molecule has 0 aromatic carbocycles. The molecule has 0 atom stereocenters. The van der Waals surface area contributed by atoms with E-state index in [1.807, 2.05) is 13.8 Å². The molecule has 2 aromatic heterocycles. The Labute approximate surface area is 109 Å². The number of aromatic nitrogens is 4. The highest BCUT2D eigenvalue weighted by Crippen LogP contribution is 2.11. The van der Waals surface area contributed by atoms with Gasteiger partial charge in [0.2, 0.25) is 5.82 Å². The summed E-state index contributed by atoms with van der Waals surface area (Å²) in [4.78, 5) is 16.4. The van der Waals surface area contributed by atoms with Crippen molar-refractivity contribution in [3.63, 3.8) is 0 Å². The van der Waals surface area contributed by atoms with Gasteiger partial charge in [0.15, 0.2) is 5.15 Å². The Morgan fingerprint density at radius 3 is 2.72 bits per heavy atom. The summed E-state index contributed by atoms with van der Waals surface area (Å²) in [7, 11) is 0. The predicted octanol–water partition coefficient (Wildman–Crippen LogP) is 1.34. The molecular formula is C11H14ClN5O. The number of hydrogen-bond donors (Lipinski definition) is 1. The SMILES string of the molecule is Cc1c(Cl)nc(-n2cccn2)c(=O)n1NC(C)C. The molecule has 0 fully saturated rings. The first-order chi connectivity index (χ1) is 8.50. The second-order valence-corrected chi connectivity index (χ2v) is 4.54. The van der Waals surface area contributed by atoms with Crippen LogP contribution in [0.3, 0.4) is 0 Å². The van der Waals surface area contributed by atoms with E-state index in [0.29, 0.717) is 5.69 Å². The van der Waals surface area contributed by atoms with Gasteiger partial charge in [0.25, 0.3) is 0 Å². The van der Waals surface area contributed by atoms with Crippen molar-refractivity contribution in [2.24, 2.45) is 0 Å². The molecule has 0 unspecified atom stereocenters. The molecule has 7 heteroatoms. The van der Waals surface area contributed by atoms with Gasteiger partial charge in [-0.25, -0.2) is 14.3 Å². The summed E-state index contributed by atoms with van der Waals surface area (Å²) >= 11 is 6.04. The van der Waals surface area contributed by atoms with Crippen molar-refractivity contribution < 1.29 is 0 Å². The molecule has 1 N–H and O–H groups in total. The van der Waals surface area contributed by atoms with E-state index in [1.165, 1.54) is 9.36 Å². The lowest BCUT2D eigenvalue weighted by Gasteiger charge is -2.17. The Morgan fingerprint density at radius 1 is 1.44 bits per heavy atom. The van der Waals surface area contributed by atoms with Crippen LogP contribution >= 0.6 is 11.6 Å². The molecule has 6 nitrogen and oxygen atoms in total. The molecule has 0 aliphatic heterocycles. The zero-order valence-electron chi connectivity index (χ0n) is 10.4. The van der Waals surface area contributed by atoms with E-state index in [-0.39, 0.29) is 22.6 Å². The van der Waals surface area contributed by atoms with E-state index in [4.69, 9.17) is 11.6 Å². The molecule has 2 rings (SSSR count). The maximum absolute atomic E-state index is 12.3. The van der Waals surface area contributed by atoms with E-state index in [2.05, 4.69) is 15.5 Å². The van der Waals surface area contributed by atoms with Crippen LogP contribution < -0.4 is 11.0 Å². The standard InChI is InChI=1S/C11H14ClN5O/c1-7(2)15-17-8(3)9(12)14-10(11(17)18)16-6-4-5-13-16/h4-7,15H,1-3H3. The summed E-state index contributed by atoms with van der Waals surface area (Å²) in [6, 6.07) is 1.82. The zero-order chi connectivity index (χ0) is 13.3. The molecule has 0 bridgehead atoms. The van der Waals surface area contributed by atoms with Crippen molar-refractivity contribution in [1.29, 1.82) is 0 Å². The van der Waals surface area contributed by atoms with Gasteiger partial charge in [-0.05, 0) is 26.8 Å². The van der Waals surface area contributed by atoms with Gasteiger partial charge in [0.05, 0.1) is 5.69 Å². The number of hydrogen-bond acceptors (Lipinski definition) is 4. The van der Waals surface area contributed by atoms with Crippen LogP contribution in [0.4, 0.5) is 0 Å². The maximum atomic E-state index is 12.3. The molecular weight excluding hydrogens is 254 g/mol. The van der Waals surface area contributed by atoms with Crippen LogP contribution in [0.1, 0.15) is 19.5 Å². The van der Waals surface area contributed by atoms with E-state index in [9.17, 15) is 4.79 Å². The van der Waals surface area contributed by atoms with Crippen LogP contribution in [0.15, 0.2) is 23.3 Å². The molecule has 0 aliphatic carbocycles. The Kier molecular flexibility index (Phi) is 3.38. The van der Waals surface area contributed by atoms with Gasteiger partial charge >= 0.3 is 5.56 Å². The molecule has 0 aliphatic rings. The first-order valence-corrected chi connectivity index (χ1v) is 5.94. The summed E-state index contributed by atoms with van der Waals surface area (Å²) in [6.45, 7) is 5.61. The van der Waals surface area contributed by atoms with Crippen molar-refractivity contribution in [3.05, 3.63) is 39.7 Å². The molecule has 18 heavy (non-hydrogen) atoms. The van der Waals surface area contributed by atoms with Gasteiger partial charge in [-0.3, -0.25) is 4.79 Å². The highest BCUT2D eigenvalue weighted by Gasteiger charge is 2.14. The normalized spacial score (nSPS) is 10.9. The molecule has 0 spiro atoms. The van der Waals surface area contributed by atoms with E-state index in [1.54, 1.807) is 25.4 Å². The van der Waals surface area contributed by atoms with Gasteiger partial charge in [-0.2, -0.15) is 5.10 Å². The van der Waals surface area contributed by atoms with Crippen molar-refractivity contribution in [3.8, 4) is 5.82 Å². The summed E-state index contributed by atoms with van der Waals surface area (Å²) in [5.74, 6) is 0.170. The minimum Gasteiger partial charge on any atom is -0.320 e. The number of halogens is 1. The van der Waals surface area contributed by atoms with Gasteiger partial charge in [0.1, 0.15) is 0 Å². The summed E-state index contributed by atoms with van der Waals surface area (Å²) in [5.41, 5.74) is 3.32. The third kappa shape index (κ3) is 2.24. The highest BCUT2D eigenvalue weighted by atomic mass is 35.5. The summed E-state index contributed by atoms with van der Waals surface area (Å²) < 4.78 is 2.79. The Morgan fingerprint density at radius 2 is 2.17 bits per heavy atom. The van der Waals surface area contributed by atoms with Crippen LogP contribution in [-0.2, 0) is 0 Å². The second-order valence-electron chi connectivity index (χ2n) is 4.19. The van der Waals surface area contributed by atoms with E-state index in [0.717, 1.165) is 0 Å². The fourth-order valence-electron chi connectivity index (χ4n) is 1.52. The highest BCUT2D eigenvalue weighted by molar-refractivity contribution is 6.30. The topological polar surface area (TPSA) is 64.7 Å². The Balaban J connectivity index is 2.64. The van der Waals surface area contributed by atoms with Gasteiger partial charge in [-0.15, -0.1) is 0 Å². The molecule has 2 aromatic rings. The largest absolute Gasteiger partial charge is 0.320 e. The second kappa shape index (κ2) is 4.81.